The molecule has 0 aliphatic heterocycles. The van der Waals surface area contributed by atoms with Crippen LogP contribution in [0.15, 0.2) is 15.9 Å². The first-order chi connectivity index (χ1) is 8.08. The van der Waals surface area contributed by atoms with Gasteiger partial charge in [-0.1, -0.05) is 20.8 Å². The van der Waals surface area contributed by atoms with Crippen molar-refractivity contribution in [2.75, 3.05) is 6.54 Å². The summed E-state index contributed by atoms with van der Waals surface area (Å²) in [6, 6.07) is 2.25. The number of halogens is 1. The Morgan fingerprint density at radius 2 is 1.83 bits per heavy atom. The van der Waals surface area contributed by atoms with Crippen molar-refractivity contribution in [1.82, 2.24) is 5.32 Å². The Morgan fingerprint density at radius 3 is 2.22 bits per heavy atom. The third-order valence-electron chi connectivity index (χ3n) is 3.17. The molecule has 0 bridgehead atoms. The molecule has 1 aromatic rings. The van der Waals surface area contributed by atoms with E-state index in [-0.39, 0.29) is 5.54 Å². The maximum absolute atomic E-state index is 3.65. The zero-order valence-electron chi connectivity index (χ0n) is 12.4. The van der Waals surface area contributed by atoms with Gasteiger partial charge in [-0.05, 0) is 67.1 Å². The summed E-state index contributed by atoms with van der Waals surface area (Å²) < 4.78 is 1.21. The van der Waals surface area contributed by atoms with Crippen LogP contribution in [0.5, 0.6) is 0 Å². The van der Waals surface area contributed by atoms with E-state index in [0.717, 1.165) is 13.0 Å². The molecule has 3 heteroatoms. The quantitative estimate of drug-likeness (QED) is 0.808. The normalized spacial score (nSPS) is 14.8. The first-order valence-corrected chi connectivity index (χ1v) is 8.23. The summed E-state index contributed by atoms with van der Waals surface area (Å²) in [5, 5.41) is 5.82. The van der Waals surface area contributed by atoms with Crippen LogP contribution in [0.4, 0.5) is 0 Å². The second kappa shape index (κ2) is 6.06. The fourth-order valence-electron chi connectivity index (χ4n) is 1.82. The monoisotopic (exact) mass is 331 g/mol. The Kier molecular flexibility index (Phi) is 5.45. The fraction of sp³-hybridized carbons (Fsp3) is 0.733. The Morgan fingerprint density at radius 1 is 1.22 bits per heavy atom. The Labute approximate surface area is 125 Å². The van der Waals surface area contributed by atoms with Gasteiger partial charge in [0.2, 0.25) is 0 Å². The van der Waals surface area contributed by atoms with E-state index in [1.807, 2.05) is 11.3 Å². The minimum absolute atomic E-state index is 0.194. The van der Waals surface area contributed by atoms with Crippen LogP contribution in [0.3, 0.4) is 0 Å². The molecule has 0 saturated carbocycles. The molecule has 1 heterocycles. The van der Waals surface area contributed by atoms with Gasteiger partial charge in [0.25, 0.3) is 0 Å². The number of hydrogen-bond donors (Lipinski definition) is 1. The number of nitrogens with one attached hydrogen (secondary N) is 1. The van der Waals surface area contributed by atoms with Gasteiger partial charge in [-0.2, -0.15) is 0 Å². The van der Waals surface area contributed by atoms with E-state index in [1.165, 1.54) is 9.35 Å². The van der Waals surface area contributed by atoms with Crippen LogP contribution in [0.25, 0.3) is 0 Å². The lowest BCUT2D eigenvalue weighted by molar-refractivity contribution is 0.215. The number of hydrogen-bond acceptors (Lipinski definition) is 2. The molecule has 1 atom stereocenters. The molecule has 0 amide bonds. The highest BCUT2D eigenvalue weighted by atomic mass is 79.9. The van der Waals surface area contributed by atoms with Crippen LogP contribution in [0, 0.1) is 11.3 Å². The maximum Gasteiger partial charge on any atom is 0.0285 e. The van der Waals surface area contributed by atoms with Crippen molar-refractivity contribution in [3.05, 3.63) is 20.8 Å². The third-order valence-corrected chi connectivity index (χ3v) is 4.89. The molecule has 1 nitrogen and oxygen atoms in total. The minimum Gasteiger partial charge on any atom is -0.312 e. The van der Waals surface area contributed by atoms with Crippen molar-refractivity contribution in [1.29, 1.82) is 0 Å². The molecular formula is C15H26BrNS. The predicted molar refractivity (Wildman–Crippen MR) is 86.4 cm³/mol. The summed E-state index contributed by atoms with van der Waals surface area (Å²) in [5.41, 5.74) is 0.522. The third kappa shape index (κ3) is 5.85. The molecule has 1 unspecified atom stereocenters. The van der Waals surface area contributed by atoms with Crippen molar-refractivity contribution in [2.24, 2.45) is 11.3 Å². The highest BCUT2D eigenvalue weighted by molar-refractivity contribution is 9.10. The van der Waals surface area contributed by atoms with Gasteiger partial charge in [0.15, 0.2) is 0 Å². The van der Waals surface area contributed by atoms with Crippen molar-refractivity contribution in [3.63, 3.8) is 0 Å². The van der Waals surface area contributed by atoms with E-state index >= 15 is 0 Å². The van der Waals surface area contributed by atoms with Gasteiger partial charge in [0.1, 0.15) is 0 Å². The van der Waals surface area contributed by atoms with Crippen LogP contribution in [0.1, 0.15) is 46.4 Å². The summed E-state index contributed by atoms with van der Waals surface area (Å²) in [4.78, 5) is 1.47. The number of rotatable bonds is 4. The average Bonchev–Trinajstić information content (AvgIpc) is 2.55. The SMILES string of the molecule is CC(C)(C)NCC(Cc1cc(Br)cs1)C(C)(C)C. The highest BCUT2D eigenvalue weighted by Crippen LogP contribution is 2.31. The molecule has 1 rings (SSSR count). The summed E-state index contributed by atoms with van der Waals surface area (Å²) in [6.07, 6.45) is 1.16. The number of thiophene rings is 1. The molecule has 0 saturated heterocycles. The molecule has 0 aromatic carbocycles. The van der Waals surface area contributed by atoms with Crippen LogP contribution in [0.2, 0.25) is 0 Å². The predicted octanol–water partition coefficient (Wildman–Crippen LogP) is 5.10. The van der Waals surface area contributed by atoms with Crippen molar-refractivity contribution in [3.8, 4) is 0 Å². The van der Waals surface area contributed by atoms with E-state index in [2.05, 4.69) is 74.2 Å². The molecule has 0 fully saturated rings. The van der Waals surface area contributed by atoms with Gasteiger partial charge in [-0.25, -0.2) is 0 Å². The average molecular weight is 332 g/mol. The summed E-state index contributed by atoms with van der Waals surface area (Å²) >= 11 is 5.39. The van der Waals surface area contributed by atoms with E-state index in [4.69, 9.17) is 0 Å². The lowest BCUT2D eigenvalue weighted by Crippen LogP contribution is -2.42. The van der Waals surface area contributed by atoms with Gasteiger partial charge in [-0.15, -0.1) is 11.3 Å². The molecule has 104 valence electrons. The lowest BCUT2D eigenvalue weighted by Gasteiger charge is -2.33. The molecule has 0 aliphatic carbocycles. The molecule has 18 heavy (non-hydrogen) atoms. The summed E-state index contributed by atoms with van der Waals surface area (Å²) in [6.45, 7) is 14.8. The smallest absolute Gasteiger partial charge is 0.0285 e. The van der Waals surface area contributed by atoms with Gasteiger partial charge >= 0.3 is 0 Å². The minimum atomic E-state index is 0.194. The standard InChI is InChI=1S/C15H26BrNS/c1-14(2,3)11(9-17-15(4,5)6)7-13-8-12(16)10-18-13/h8,10-11,17H,7,9H2,1-6H3. The topological polar surface area (TPSA) is 12.0 Å². The largest absolute Gasteiger partial charge is 0.312 e. The van der Waals surface area contributed by atoms with Gasteiger partial charge in [0.05, 0.1) is 0 Å². The highest BCUT2D eigenvalue weighted by Gasteiger charge is 2.26. The van der Waals surface area contributed by atoms with Gasteiger partial charge in [0, 0.05) is 20.3 Å². The van der Waals surface area contributed by atoms with E-state index in [0.29, 0.717) is 11.3 Å². The van der Waals surface area contributed by atoms with E-state index < -0.39 is 0 Å². The van der Waals surface area contributed by atoms with Crippen molar-refractivity contribution >= 4 is 27.3 Å². The van der Waals surface area contributed by atoms with Crippen molar-refractivity contribution in [2.45, 2.75) is 53.5 Å². The molecular weight excluding hydrogens is 306 g/mol. The second-order valence-corrected chi connectivity index (χ2v) is 9.04. The second-order valence-electron chi connectivity index (χ2n) is 7.13. The molecule has 1 N–H and O–H groups in total. The molecule has 1 aromatic heterocycles. The van der Waals surface area contributed by atoms with Gasteiger partial charge < -0.3 is 5.32 Å². The molecule has 0 aliphatic rings. The zero-order chi connectivity index (χ0) is 14.0. The zero-order valence-corrected chi connectivity index (χ0v) is 14.8. The van der Waals surface area contributed by atoms with E-state index in [9.17, 15) is 0 Å². The summed E-state index contributed by atoms with van der Waals surface area (Å²) in [7, 11) is 0. The van der Waals surface area contributed by atoms with Crippen LogP contribution in [-0.2, 0) is 6.42 Å². The van der Waals surface area contributed by atoms with Crippen molar-refractivity contribution < 1.29 is 0 Å². The molecule has 0 spiro atoms. The Bertz CT molecular complexity index is 371. The molecule has 0 radical (unpaired) electrons. The maximum atomic E-state index is 3.65. The van der Waals surface area contributed by atoms with Crippen LogP contribution in [-0.4, -0.2) is 12.1 Å². The summed E-state index contributed by atoms with van der Waals surface area (Å²) in [5.74, 6) is 0.655. The fourth-order valence-corrected chi connectivity index (χ4v) is 3.35. The first kappa shape index (κ1) is 16.2. The van der Waals surface area contributed by atoms with Crippen LogP contribution >= 0.6 is 27.3 Å². The van der Waals surface area contributed by atoms with Gasteiger partial charge in [-0.3, -0.25) is 0 Å². The Hall–Kier alpha value is 0.140. The van der Waals surface area contributed by atoms with Crippen LogP contribution < -0.4 is 5.32 Å². The van der Waals surface area contributed by atoms with E-state index in [1.54, 1.807) is 0 Å². The lowest BCUT2D eigenvalue weighted by atomic mass is 9.78. The first-order valence-electron chi connectivity index (χ1n) is 6.56. The Balaban J connectivity index is 2.68.